The molecule has 6 nitrogen and oxygen atoms in total. The van der Waals surface area contributed by atoms with Gasteiger partial charge in [-0.3, -0.25) is 0 Å². The van der Waals surface area contributed by atoms with E-state index in [9.17, 15) is 8.42 Å². The molecule has 0 saturated carbocycles. The Morgan fingerprint density at radius 3 is 2.23 bits per heavy atom. The molecule has 22 heavy (non-hydrogen) atoms. The standard InChI is InChI=1S/C15H14N3O3S/c1-18-15(12-7-9-13(10-8-12)22(16,19)20)14(17-21-18)11-5-3-2-4-6-11/h2-10H,1H3,(H2,16,19,20)/q+1. The van der Waals surface area contributed by atoms with Crippen LogP contribution in [0.25, 0.3) is 22.5 Å². The summed E-state index contributed by atoms with van der Waals surface area (Å²) < 4.78 is 29.4. The number of aromatic nitrogens is 2. The Bertz CT molecular complexity index is 901. The fourth-order valence-corrected chi connectivity index (χ4v) is 2.76. The lowest BCUT2D eigenvalue weighted by Gasteiger charge is -2.00. The first kappa shape index (κ1) is 14.4. The molecular weight excluding hydrogens is 302 g/mol. The van der Waals surface area contributed by atoms with Crippen LogP contribution >= 0.6 is 0 Å². The lowest BCUT2D eigenvalue weighted by Crippen LogP contribution is -2.27. The van der Waals surface area contributed by atoms with Crippen molar-refractivity contribution in [2.45, 2.75) is 4.90 Å². The Kier molecular flexibility index (Phi) is 3.51. The van der Waals surface area contributed by atoms with Crippen LogP contribution in [0.1, 0.15) is 0 Å². The molecule has 0 atom stereocenters. The minimum absolute atomic E-state index is 0.0663. The molecule has 0 saturated heterocycles. The van der Waals surface area contributed by atoms with Crippen molar-refractivity contribution in [1.82, 2.24) is 5.16 Å². The second-order valence-corrected chi connectivity index (χ2v) is 6.36. The summed E-state index contributed by atoms with van der Waals surface area (Å²) in [5.74, 6) is 0. The zero-order valence-corrected chi connectivity index (χ0v) is 12.6. The Labute approximate surface area is 127 Å². The SMILES string of the molecule is C[n+]1onc(-c2ccccc2)c1-c1ccc(S(N)(=O)=O)cc1. The van der Waals surface area contributed by atoms with Crippen molar-refractivity contribution in [3.8, 4) is 22.5 Å². The normalized spacial score (nSPS) is 11.5. The summed E-state index contributed by atoms with van der Waals surface area (Å²) in [4.78, 5) is 0.0663. The maximum absolute atomic E-state index is 11.3. The van der Waals surface area contributed by atoms with Crippen molar-refractivity contribution < 1.29 is 17.8 Å². The number of hydrogen-bond donors (Lipinski definition) is 1. The molecule has 3 aromatic rings. The van der Waals surface area contributed by atoms with Crippen molar-refractivity contribution in [2.24, 2.45) is 12.2 Å². The zero-order chi connectivity index (χ0) is 15.7. The van der Waals surface area contributed by atoms with E-state index < -0.39 is 10.0 Å². The molecule has 0 aliphatic heterocycles. The maximum atomic E-state index is 11.3. The predicted molar refractivity (Wildman–Crippen MR) is 79.9 cm³/mol. The number of nitrogens with zero attached hydrogens (tertiary/aromatic N) is 2. The van der Waals surface area contributed by atoms with Crippen molar-refractivity contribution in [1.29, 1.82) is 0 Å². The van der Waals surface area contributed by atoms with Crippen LogP contribution in [0.4, 0.5) is 0 Å². The van der Waals surface area contributed by atoms with Gasteiger partial charge in [0, 0.05) is 11.1 Å². The third kappa shape index (κ3) is 2.63. The van der Waals surface area contributed by atoms with Gasteiger partial charge in [0.15, 0.2) is 5.16 Å². The molecule has 0 unspecified atom stereocenters. The summed E-state index contributed by atoms with van der Waals surface area (Å²) in [6.45, 7) is 0. The number of aryl methyl sites for hydroxylation is 1. The van der Waals surface area contributed by atoms with Crippen molar-refractivity contribution >= 4 is 10.0 Å². The fourth-order valence-electron chi connectivity index (χ4n) is 2.24. The van der Waals surface area contributed by atoms with Crippen LogP contribution in [-0.2, 0) is 17.1 Å². The molecular formula is C15H14N3O3S+. The molecule has 0 amide bonds. The molecule has 0 fully saturated rings. The van der Waals surface area contributed by atoms with Gasteiger partial charge in [0.2, 0.25) is 15.7 Å². The second kappa shape index (κ2) is 5.36. The number of nitrogens with two attached hydrogens (primary N) is 1. The van der Waals surface area contributed by atoms with Crippen LogP contribution in [0.15, 0.2) is 64.1 Å². The predicted octanol–water partition coefficient (Wildman–Crippen LogP) is 1.48. The van der Waals surface area contributed by atoms with Gasteiger partial charge in [0.1, 0.15) is 7.05 Å². The minimum Gasteiger partial charge on any atom is -0.225 e. The molecule has 0 spiro atoms. The third-order valence-corrected chi connectivity index (χ3v) is 4.23. The number of primary sulfonamides is 1. The second-order valence-electron chi connectivity index (χ2n) is 4.80. The Morgan fingerprint density at radius 1 is 1.00 bits per heavy atom. The molecule has 1 aromatic heterocycles. The number of rotatable bonds is 3. The summed E-state index contributed by atoms with van der Waals surface area (Å²) in [5, 5.41) is 9.19. The molecule has 2 N–H and O–H groups in total. The average Bonchev–Trinajstić information content (AvgIpc) is 2.89. The van der Waals surface area contributed by atoms with Crippen molar-refractivity contribution in [3.63, 3.8) is 0 Å². The van der Waals surface area contributed by atoms with E-state index in [1.54, 1.807) is 19.2 Å². The quantitative estimate of drug-likeness (QED) is 0.741. The first-order valence-electron chi connectivity index (χ1n) is 6.51. The van der Waals surface area contributed by atoms with Crippen LogP contribution < -0.4 is 9.88 Å². The lowest BCUT2D eigenvalue weighted by atomic mass is 10.0. The highest BCUT2D eigenvalue weighted by Crippen LogP contribution is 2.28. The van der Waals surface area contributed by atoms with Crippen LogP contribution in [0.3, 0.4) is 0 Å². The van der Waals surface area contributed by atoms with E-state index in [2.05, 4.69) is 5.16 Å². The highest BCUT2D eigenvalue weighted by molar-refractivity contribution is 7.89. The van der Waals surface area contributed by atoms with Gasteiger partial charge in [-0.15, -0.1) is 0 Å². The van der Waals surface area contributed by atoms with E-state index >= 15 is 0 Å². The van der Waals surface area contributed by atoms with Crippen LogP contribution in [0.5, 0.6) is 0 Å². The molecule has 0 aliphatic rings. The zero-order valence-electron chi connectivity index (χ0n) is 11.8. The number of sulfonamides is 1. The van der Waals surface area contributed by atoms with Gasteiger partial charge < -0.3 is 0 Å². The van der Waals surface area contributed by atoms with E-state index in [-0.39, 0.29) is 4.90 Å². The van der Waals surface area contributed by atoms with Crippen LogP contribution in [0, 0.1) is 0 Å². The smallest absolute Gasteiger partial charge is 0.225 e. The Morgan fingerprint density at radius 2 is 1.64 bits per heavy atom. The minimum atomic E-state index is -3.71. The van der Waals surface area contributed by atoms with Gasteiger partial charge in [0.25, 0.3) is 5.69 Å². The van der Waals surface area contributed by atoms with Crippen LogP contribution in [-0.4, -0.2) is 13.6 Å². The van der Waals surface area contributed by atoms with Gasteiger partial charge in [-0.1, -0.05) is 39.7 Å². The van der Waals surface area contributed by atoms with E-state index in [0.29, 0.717) is 5.69 Å². The van der Waals surface area contributed by atoms with Gasteiger partial charge >= 0.3 is 0 Å². The van der Waals surface area contributed by atoms with Gasteiger partial charge in [0.05, 0.1) is 4.90 Å². The summed E-state index contributed by atoms with van der Waals surface area (Å²) in [5.41, 5.74) is 3.14. The highest BCUT2D eigenvalue weighted by Gasteiger charge is 2.25. The largest absolute Gasteiger partial charge is 0.281 e. The first-order chi connectivity index (χ1) is 10.5. The highest BCUT2D eigenvalue weighted by atomic mass is 32.2. The van der Waals surface area contributed by atoms with E-state index in [4.69, 9.17) is 9.77 Å². The maximum Gasteiger partial charge on any atom is 0.281 e. The monoisotopic (exact) mass is 316 g/mol. The van der Waals surface area contributed by atoms with Crippen molar-refractivity contribution in [3.05, 3.63) is 54.6 Å². The average molecular weight is 316 g/mol. The molecule has 7 heteroatoms. The Balaban J connectivity index is 2.12. The van der Waals surface area contributed by atoms with Gasteiger partial charge in [-0.2, -0.15) is 0 Å². The lowest BCUT2D eigenvalue weighted by molar-refractivity contribution is -0.845. The van der Waals surface area contributed by atoms with Crippen molar-refractivity contribution in [2.75, 3.05) is 0 Å². The van der Waals surface area contributed by atoms with Crippen LogP contribution in [0.2, 0.25) is 0 Å². The number of benzene rings is 2. The molecule has 2 aromatic carbocycles. The topological polar surface area (TPSA) is 90.1 Å². The van der Waals surface area contributed by atoms with E-state index in [1.807, 2.05) is 30.3 Å². The number of hydrogen-bond acceptors (Lipinski definition) is 4. The summed E-state index contributed by atoms with van der Waals surface area (Å²) in [6, 6.07) is 15.9. The fraction of sp³-hybridized carbons (Fsp3) is 0.0667. The molecule has 3 rings (SSSR count). The molecule has 0 bridgehead atoms. The van der Waals surface area contributed by atoms with Gasteiger partial charge in [-0.05, 0) is 24.3 Å². The molecule has 0 aliphatic carbocycles. The first-order valence-corrected chi connectivity index (χ1v) is 8.06. The van der Waals surface area contributed by atoms with E-state index in [1.165, 1.54) is 16.9 Å². The Hall–Kier alpha value is -2.51. The summed E-state index contributed by atoms with van der Waals surface area (Å²) >= 11 is 0. The summed E-state index contributed by atoms with van der Waals surface area (Å²) in [7, 11) is -1.97. The summed E-state index contributed by atoms with van der Waals surface area (Å²) in [6.07, 6.45) is 0. The molecule has 1 heterocycles. The molecule has 0 radical (unpaired) electrons. The van der Waals surface area contributed by atoms with E-state index in [0.717, 1.165) is 16.8 Å². The molecule has 112 valence electrons. The third-order valence-electron chi connectivity index (χ3n) is 3.30. The van der Waals surface area contributed by atoms with Gasteiger partial charge in [-0.25, -0.2) is 13.6 Å².